The fraction of sp³-hybridized carbons (Fsp3) is 0.600. The molecule has 1 fully saturated rings. The molecule has 1 aliphatic rings. The van der Waals surface area contributed by atoms with Gasteiger partial charge in [0.15, 0.2) is 5.60 Å². The Kier molecular flexibility index (Phi) is 4.43. The summed E-state index contributed by atoms with van der Waals surface area (Å²) in [6.45, 7) is 0.517. The van der Waals surface area contributed by atoms with E-state index < -0.39 is 42.0 Å². The van der Waals surface area contributed by atoms with Crippen LogP contribution in [0.4, 0.5) is 4.79 Å². The highest BCUT2D eigenvalue weighted by molar-refractivity contribution is 6.01. The number of carbonyl (C=O) groups excluding carboxylic acids is 3. The van der Waals surface area contributed by atoms with Crippen LogP contribution in [0.15, 0.2) is 0 Å². The highest BCUT2D eigenvalue weighted by atomic mass is 16.4. The van der Waals surface area contributed by atoms with Crippen LogP contribution in [-0.2, 0) is 14.4 Å². The molecular weight excluding hydrogens is 258 g/mol. The van der Waals surface area contributed by atoms with E-state index in [1.54, 1.807) is 0 Å². The lowest BCUT2D eigenvalue weighted by molar-refractivity contribution is -0.155. The van der Waals surface area contributed by atoms with Gasteiger partial charge in [-0.25, -0.2) is 9.59 Å². The van der Waals surface area contributed by atoms with Crippen LogP contribution in [0, 0.1) is 0 Å². The Bertz CT molecular complexity index is 419. The van der Waals surface area contributed by atoms with Crippen LogP contribution < -0.4 is 16.0 Å². The van der Waals surface area contributed by atoms with Gasteiger partial charge < -0.3 is 20.8 Å². The van der Waals surface area contributed by atoms with E-state index in [9.17, 15) is 24.3 Å². The van der Waals surface area contributed by atoms with Crippen molar-refractivity contribution in [1.82, 2.24) is 16.0 Å². The quantitative estimate of drug-likeness (QED) is 0.372. The highest BCUT2D eigenvalue weighted by Crippen LogP contribution is 2.04. The molecule has 0 radical (unpaired) electrons. The van der Waals surface area contributed by atoms with Crippen LogP contribution in [0.3, 0.4) is 0 Å². The van der Waals surface area contributed by atoms with Gasteiger partial charge in [-0.15, -0.1) is 0 Å². The van der Waals surface area contributed by atoms with Crippen molar-refractivity contribution >= 4 is 23.8 Å². The molecule has 0 spiro atoms. The van der Waals surface area contributed by atoms with Crippen molar-refractivity contribution in [2.45, 2.75) is 31.4 Å². The maximum Gasteiger partial charge on any atom is 0.337 e. The zero-order valence-electron chi connectivity index (χ0n) is 10.2. The molecular formula is C10H15N3O6. The Balaban J connectivity index is 2.42. The molecule has 0 aliphatic carbocycles. The van der Waals surface area contributed by atoms with Crippen LogP contribution in [0.25, 0.3) is 0 Å². The number of imide groups is 1. The average Bonchev–Trinajstić information content (AvgIpc) is 2.30. The minimum absolute atomic E-state index is 0.115. The van der Waals surface area contributed by atoms with E-state index in [0.717, 1.165) is 6.92 Å². The maximum absolute atomic E-state index is 11.4. The minimum Gasteiger partial charge on any atom is -0.479 e. The van der Waals surface area contributed by atoms with Crippen molar-refractivity contribution in [3.63, 3.8) is 0 Å². The van der Waals surface area contributed by atoms with E-state index in [1.165, 1.54) is 0 Å². The van der Waals surface area contributed by atoms with E-state index in [0.29, 0.717) is 0 Å². The van der Waals surface area contributed by atoms with Crippen LogP contribution in [-0.4, -0.2) is 52.2 Å². The van der Waals surface area contributed by atoms with Crippen LogP contribution in [0.1, 0.15) is 19.8 Å². The normalized spacial score (nSPS) is 22.1. The summed E-state index contributed by atoms with van der Waals surface area (Å²) < 4.78 is 0. The van der Waals surface area contributed by atoms with Crippen LogP contribution in [0.2, 0.25) is 0 Å². The lowest BCUT2D eigenvalue weighted by Crippen LogP contribution is -2.56. The molecule has 0 aromatic heterocycles. The molecule has 1 rings (SSSR count). The van der Waals surface area contributed by atoms with Crippen LogP contribution in [0.5, 0.6) is 0 Å². The molecule has 1 aliphatic heterocycles. The predicted octanol–water partition coefficient (Wildman–Crippen LogP) is -2.07. The van der Waals surface area contributed by atoms with Crippen molar-refractivity contribution in [3.05, 3.63) is 0 Å². The number of piperidine rings is 1. The van der Waals surface area contributed by atoms with Gasteiger partial charge in [-0.1, -0.05) is 0 Å². The van der Waals surface area contributed by atoms with E-state index in [2.05, 4.69) is 16.0 Å². The lowest BCUT2D eigenvalue weighted by Gasteiger charge is -2.23. The fourth-order valence-electron chi connectivity index (χ4n) is 1.37. The molecule has 9 nitrogen and oxygen atoms in total. The van der Waals surface area contributed by atoms with E-state index >= 15 is 0 Å². The summed E-state index contributed by atoms with van der Waals surface area (Å²) in [5.74, 6) is -2.50. The third-order valence-corrected chi connectivity index (χ3v) is 2.60. The molecule has 106 valence electrons. The number of carboxylic acids is 1. The van der Waals surface area contributed by atoms with Gasteiger partial charge in [0.25, 0.3) is 0 Å². The molecule has 5 N–H and O–H groups in total. The Labute approximate surface area is 108 Å². The van der Waals surface area contributed by atoms with Gasteiger partial charge >= 0.3 is 12.0 Å². The Morgan fingerprint density at radius 1 is 1.47 bits per heavy atom. The second-order valence-electron chi connectivity index (χ2n) is 4.41. The summed E-state index contributed by atoms with van der Waals surface area (Å²) in [4.78, 5) is 44.2. The summed E-state index contributed by atoms with van der Waals surface area (Å²) >= 11 is 0. The van der Waals surface area contributed by atoms with Gasteiger partial charge in [0.1, 0.15) is 6.04 Å². The lowest BCUT2D eigenvalue weighted by atomic mass is 10.1. The number of carboxylic acid groups (broad SMARTS) is 1. The summed E-state index contributed by atoms with van der Waals surface area (Å²) in [5, 5.41) is 24.5. The molecule has 2 unspecified atom stereocenters. The number of hydrogen-bond donors (Lipinski definition) is 5. The molecule has 0 aromatic carbocycles. The van der Waals surface area contributed by atoms with E-state index in [-0.39, 0.29) is 12.8 Å². The van der Waals surface area contributed by atoms with Crippen molar-refractivity contribution < 1.29 is 29.4 Å². The number of hydrogen-bond acceptors (Lipinski definition) is 5. The second-order valence-corrected chi connectivity index (χ2v) is 4.41. The first-order chi connectivity index (χ1) is 8.72. The summed E-state index contributed by atoms with van der Waals surface area (Å²) in [5.41, 5.74) is -2.10. The van der Waals surface area contributed by atoms with E-state index in [1.807, 2.05) is 0 Å². The molecule has 0 aromatic rings. The van der Waals surface area contributed by atoms with E-state index in [4.69, 9.17) is 5.11 Å². The molecule has 19 heavy (non-hydrogen) atoms. The SMILES string of the molecule is CC(O)(CNC(=O)NC1CCC(=O)NC1=O)C(=O)O. The number of rotatable bonds is 4. The number of aliphatic hydroxyl groups is 1. The standard InChI is InChI=1S/C10H15N3O6/c1-10(19,8(16)17)4-11-9(18)12-5-2-3-6(14)13-7(5)15/h5,19H,2-4H2,1H3,(H,16,17)(H2,11,12,18)(H,13,14,15). The Hall–Kier alpha value is -2.16. The molecule has 1 heterocycles. The average molecular weight is 273 g/mol. The molecule has 2 atom stereocenters. The van der Waals surface area contributed by atoms with Gasteiger partial charge in [-0.2, -0.15) is 0 Å². The second kappa shape index (κ2) is 5.65. The highest BCUT2D eigenvalue weighted by Gasteiger charge is 2.32. The zero-order valence-corrected chi connectivity index (χ0v) is 10.2. The molecule has 9 heteroatoms. The Morgan fingerprint density at radius 3 is 2.63 bits per heavy atom. The van der Waals surface area contributed by atoms with Crippen molar-refractivity contribution in [2.75, 3.05) is 6.54 Å². The summed E-state index contributed by atoms with van der Waals surface area (Å²) in [7, 11) is 0. The minimum atomic E-state index is -2.10. The Morgan fingerprint density at radius 2 is 2.11 bits per heavy atom. The maximum atomic E-state index is 11.4. The monoisotopic (exact) mass is 273 g/mol. The third-order valence-electron chi connectivity index (χ3n) is 2.60. The predicted molar refractivity (Wildman–Crippen MR) is 61.0 cm³/mol. The molecule has 0 bridgehead atoms. The molecule has 0 saturated carbocycles. The fourth-order valence-corrected chi connectivity index (χ4v) is 1.37. The van der Waals surface area contributed by atoms with Crippen molar-refractivity contribution in [2.24, 2.45) is 0 Å². The van der Waals surface area contributed by atoms with Gasteiger partial charge in [0, 0.05) is 6.42 Å². The largest absolute Gasteiger partial charge is 0.479 e. The number of nitrogens with one attached hydrogen (secondary N) is 3. The number of urea groups is 1. The molecule has 1 saturated heterocycles. The third kappa shape index (κ3) is 4.21. The zero-order chi connectivity index (χ0) is 14.6. The smallest absolute Gasteiger partial charge is 0.337 e. The van der Waals surface area contributed by atoms with Gasteiger partial charge in [0.05, 0.1) is 6.54 Å². The van der Waals surface area contributed by atoms with Gasteiger partial charge in [-0.05, 0) is 13.3 Å². The first-order valence-electron chi connectivity index (χ1n) is 5.56. The first-order valence-corrected chi connectivity index (χ1v) is 5.56. The van der Waals surface area contributed by atoms with Gasteiger partial charge in [0.2, 0.25) is 11.8 Å². The van der Waals surface area contributed by atoms with Crippen molar-refractivity contribution in [1.29, 1.82) is 0 Å². The number of aliphatic carboxylic acids is 1. The topological polar surface area (TPSA) is 145 Å². The van der Waals surface area contributed by atoms with Crippen molar-refractivity contribution in [3.8, 4) is 0 Å². The molecule has 4 amide bonds. The summed E-state index contributed by atoms with van der Waals surface area (Å²) in [6, 6.07) is -1.65. The number of carbonyl (C=O) groups is 4. The number of amides is 4. The summed E-state index contributed by atoms with van der Waals surface area (Å²) in [6.07, 6.45) is 0.289. The van der Waals surface area contributed by atoms with Crippen LogP contribution >= 0.6 is 0 Å². The van der Waals surface area contributed by atoms with Gasteiger partial charge in [-0.3, -0.25) is 14.9 Å². The first kappa shape index (κ1) is 14.9.